The molecule has 7 heteroatoms. The molecule has 0 saturated carbocycles. The molecule has 2 heterocycles. The Hall–Kier alpha value is -1.73. The van der Waals surface area contributed by atoms with Crippen molar-refractivity contribution in [2.45, 2.75) is 17.7 Å². The lowest BCUT2D eigenvalue weighted by molar-refractivity contribution is -0.113. The van der Waals surface area contributed by atoms with E-state index in [9.17, 15) is 9.59 Å². The Morgan fingerprint density at radius 3 is 3.18 bits per heavy atom. The third kappa shape index (κ3) is 3.36. The number of benzene rings is 1. The van der Waals surface area contributed by atoms with E-state index in [2.05, 4.69) is 10.6 Å². The molecule has 3 amide bonds. The molecule has 2 aliphatic heterocycles. The lowest BCUT2D eigenvalue weighted by Gasteiger charge is -2.20. The predicted octanol–water partition coefficient (Wildman–Crippen LogP) is 1.93. The highest BCUT2D eigenvalue weighted by Crippen LogP contribution is 2.33. The van der Waals surface area contributed by atoms with Crippen molar-refractivity contribution in [2.24, 2.45) is 11.7 Å². The van der Waals surface area contributed by atoms with Gasteiger partial charge in [-0.25, -0.2) is 4.79 Å². The number of hydrogen-bond acceptors (Lipinski definition) is 4. The average Bonchev–Trinajstić information content (AvgIpc) is 2.96. The Balaban J connectivity index is 1.62. The first-order valence-corrected chi connectivity index (χ1v) is 8.47. The number of anilines is 2. The van der Waals surface area contributed by atoms with Crippen LogP contribution < -0.4 is 16.4 Å². The molecule has 0 radical (unpaired) electrons. The smallest absolute Gasteiger partial charge is 0.321 e. The van der Waals surface area contributed by atoms with Crippen LogP contribution in [0, 0.1) is 5.92 Å². The van der Waals surface area contributed by atoms with Gasteiger partial charge in [-0.05, 0) is 43.5 Å². The summed E-state index contributed by atoms with van der Waals surface area (Å²) in [5, 5.41) is 5.73. The Bertz CT molecular complexity index is 593. The van der Waals surface area contributed by atoms with E-state index in [1.165, 1.54) is 11.8 Å². The number of nitrogens with zero attached hydrogens (tertiary/aromatic N) is 1. The molecule has 0 aliphatic carbocycles. The van der Waals surface area contributed by atoms with Gasteiger partial charge in [0, 0.05) is 23.7 Å². The molecule has 0 bridgehead atoms. The van der Waals surface area contributed by atoms with Crippen LogP contribution in [-0.2, 0) is 4.79 Å². The summed E-state index contributed by atoms with van der Waals surface area (Å²) in [6, 6.07) is 5.52. The molecule has 1 atom stereocenters. The van der Waals surface area contributed by atoms with Gasteiger partial charge in [-0.15, -0.1) is 11.8 Å². The maximum Gasteiger partial charge on any atom is 0.321 e. The van der Waals surface area contributed by atoms with E-state index < -0.39 is 0 Å². The summed E-state index contributed by atoms with van der Waals surface area (Å²) in [6.07, 6.45) is 1.98. The van der Waals surface area contributed by atoms with Crippen molar-refractivity contribution >= 4 is 35.1 Å². The second-order valence-corrected chi connectivity index (χ2v) is 6.67. The van der Waals surface area contributed by atoms with Crippen LogP contribution in [0.1, 0.15) is 12.8 Å². The zero-order chi connectivity index (χ0) is 15.5. The van der Waals surface area contributed by atoms with Gasteiger partial charge >= 0.3 is 6.03 Å². The van der Waals surface area contributed by atoms with E-state index in [1.807, 2.05) is 23.1 Å². The van der Waals surface area contributed by atoms with Crippen molar-refractivity contribution < 1.29 is 9.59 Å². The second-order valence-electron chi connectivity index (χ2n) is 5.66. The third-order valence-electron chi connectivity index (χ3n) is 4.01. The minimum Gasteiger partial charge on any atom is -0.330 e. The average molecular weight is 320 g/mol. The zero-order valence-corrected chi connectivity index (χ0v) is 13.1. The molecule has 1 aromatic carbocycles. The third-order valence-corrected chi connectivity index (χ3v) is 5.09. The summed E-state index contributed by atoms with van der Waals surface area (Å²) < 4.78 is 0. The summed E-state index contributed by atoms with van der Waals surface area (Å²) in [5.41, 5.74) is 7.04. The van der Waals surface area contributed by atoms with Crippen molar-refractivity contribution in [1.29, 1.82) is 0 Å². The van der Waals surface area contributed by atoms with E-state index in [0.29, 0.717) is 23.9 Å². The molecule has 0 spiro atoms. The normalized spacial score (nSPS) is 20.5. The minimum atomic E-state index is -0.0886. The molecular weight excluding hydrogens is 300 g/mol. The monoisotopic (exact) mass is 320 g/mol. The first-order valence-electron chi connectivity index (χ1n) is 7.48. The molecule has 1 saturated heterocycles. The summed E-state index contributed by atoms with van der Waals surface area (Å²) in [6.45, 7) is 2.21. The van der Waals surface area contributed by atoms with Crippen LogP contribution >= 0.6 is 11.8 Å². The van der Waals surface area contributed by atoms with Crippen LogP contribution in [-0.4, -0.2) is 42.2 Å². The van der Waals surface area contributed by atoms with Gasteiger partial charge in [0.05, 0.1) is 11.4 Å². The van der Waals surface area contributed by atoms with Crippen LogP contribution in [0.15, 0.2) is 23.1 Å². The quantitative estimate of drug-likeness (QED) is 0.794. The number of urea groups is 1. The minimum absolute atomic E-state index is 0.00912. The van der Waals surface area contributed by atoms with Gasteiger partial charge < -0.3 is 21.3 Å². The topological polar surface area (TPSA) is 87.5 Å². The fourth-order valence-corrected chi connectivity index (χ4v) is 3.64. The molecule has 3 rings (SSSR count). The summed E-state index contributed by atoms with van der Waals surface area (Å²) in [4.78, 5) is 26.6. The van der Waals surface area contributed by atoms with Crippen LogP contribution in [0.3, 0.4) is 0 Å². The van der Waals surface area contributed by atoms with Gasteiger partial charge in [-0.2, -0.15) is 0 Å². The molecule has 6 nitrogen and oxygen atoms in total. The standard InChI is InChI=1S/C15H20N4O2S/c16-5-3-10-4-6-19(8-10)15(21)17-11-1-2-13-12(7-11)18-14(20)9-22-13/h1-2,7,10H,3-6,8-9,16H2,(H,17,21)(H,18,20). The first kappa shape index (κ1) is 15.2. The van der Waals surface area contributed by atoms with E-state index in [1.54, 1.807) is 0 Å². The molecule has 0 aromatic heterocycles. The van der Waals surface area contributed by atoms with Gasteiger partial charge in [-0.3, -0.25) is 4.79 Å². The number of thioether (sulfide) groups is 1. The highest BCUT2D eigenvalue weighted by Gasteiger charge is 2.26. The number of likely N-dealkylation sites (tertiary alicyclic amines) is 1. The first-order chi connectivity index (χ1) is 10.7. The molecule has 1 fully saturated rings. The summed E-state index contributed by atoms with van der Waals surface area (Å²) >= 11 is 1.51. The Morgan fingerprint density at radius 1 is 1.50 bits per heavy atom. The van der Waals surface area contributed by atoms with Crippen LogP contribution in [0.5, 0.6) is 0 Å². The fourth-order valence-electron chi connectivity index (χ4n) is 2.85. The molecular formula is C15H20N4O2S. The molecule has 22 heavy (non-hydrogen) atoms. The number of fused-ring (bicyclic) bond motifs is 1. The largest absolute Gasteiger partial charge is 0.330 e. The lowest BCUT2D eigenvalue weighted by Crippen LogP contribution is -2.33. The summed E-state index contributed by atoms with van der Waals surface area (Å²) in [7, 11) is 0. The maximum atomic E-state index is 12.3. The number of carbonyl (C=O) groups is 2. The second kappa shape index (κ2) is 6.58. The Labute approximate surface area is 133 Å². The molecule has 1 unspecified atom stereocenters. The van der Waals surface area contributed by atoms with Gasteiger partial charge in [0.15, 0.2) is 0 Å². The Morgan fingerprint density at radius 2 is 2.36 bits per heavy atom. The number of nitrogens with one attached hydrogen (secondary N) is 2. The van der Waals surface area contributed by atoms with Gasteiger partial charge in [0.1, 0.15) is 0 Å². The van der Waals surface area contributed by atoms with Crippen molar-refractivity contribution in [3.8, 4) is 0 Å². The molecule has 4 N–H and O–H groups in total. The molecule has 118 valence electrons. The van der Waals surface area contributed by atoms with Crippen molar-refractivity contribution in [1.82, 2.24) is 4.90 Å². The maximum absolute atomic E-state index is 12.3. The molecule has 2 aliphatic rings. The van der Waals surface area contributed by atoms with Crippen molar-refractivity contribution in [3.63, 3.8) is 0 Å². The number of nitrogens with two attached hydrogens (primary N) is 1. The van der Waals surface area contributed by atoms with Crippen LogP contribution in [0.4, 0.5) is 16.2 Å². The van der Waals surface area contributed by atoms with E-state index in [4.69, 9.17) is 5.73 Å². The van der Waals surface area contributed by atoms with E-state index in [-0.39, 0.29) is 11.9 Å². The molecule has 1 aromatic rings. The van der Waals surface area contributed by atoms with E-state index >= 15 is 0 Å². The highest BCUT2D eigenvalue weighted by atomic mass is 32.2. The zero-order valence-electron chi connectivity index (χ0n) is 12.3. The van der Waals surface area contributed by atoms with Gasteiger partial charge in [0.2, 0.25) is 5.91 Å². The lowest BCUT2D eigenvalue weighted by atomic mass is 10.1. The Kier molecular flexibility index (Phi) is 4.54. The van der Waals surface area contributed by atoms with Crippen LogP contribution in [0.2, 0.25) is 0 Å². The number of carbonyl (C=O) groups excluding carboxylic acids is 2. The van der Waals surface area contributed by atoms with Gasteiger partial charge in [-0.1, -0.05) is 0 Å². The fraction of sp³-hybridized carbons (Fsp3) is 0.467. The van der Waals surface area contributed by atoms with Crippen molar-refractivity contribution in [3.05, 3.63) is 18.2 Å². The number of rotatable bonds is 3. The van der Waals surface area contributed by atoms with Crippen molar-refractivity contribution in [2.75, 3.05) is 36.0 Å². The van der Waals surface area contributed by atoms with Gasteiger partial charge in [0.25, 0.3) is 0 Å². The SMILES string of the molecule is NCCC1CCN(C(=O)Nc2ccc3c(c2)NC(=O)CS3)C1. The van der Waals surface area contributed by atoms with E-state index in [0.717, 1.165) is 36.5 Å². The number of amides is 3. The van der Waals surface area contributed by atoms with Crippen LogP contribution in [0.25, 0.3) is 0 Å². The number of hydrogen-bond donors (Lipinski definition) is 3. The highest BCUT2D eigenvalue weighted by molar-refractivity contribution is 8.00. The summed E-state index contributed by atoms with van der Waals surface area (Å²) in [5.74, 6) is 0.940. The predicted molar refractivity (Wildman–Crippen MR) is 88.2 cm³/mol.